The van der Waals surface area contributed by atoms with Gasteiger partial charge in [-0.2, -0.15) is 0 Å². The van der Waals surface area contributed by atoms with E-state index in [0.717, 1.165) is 16.8 Å². The number of likely N-dealkylation sites (tertiary alicyclic amines) is 1. The van der Waals surface area contributed by atoms with Crippen LogP contribution in [0.5, 0.6) is 0 Å². The zero-order valence-corrected chi connectivity index (χ0v) is 19.6. The quantitative estimate of drug-likeness (QED) is 0.343. The molecule has 1 saturated heterocycles. The van der Waals surface area contributed by atoms with E-state index < -0.39 is 0 Å². The molecule has 1 aliphatic heterocycles. The van der Waals surface area contributed by atoms with Crippen molar-refractivity contribution in [3.05, 3.63) is 73.7 Å². The molecule has 0 bridgehead atoms. The first-order valence-electron chi connectivity index (χ1n) is 11.4. The third-order valence-corrected chi connectivity index (χ3v) is 5.79. The number of fused-ring (bicyclic) bond motifs is 1. The number of hydrogen-bond acceptors (Lipinski definition) is 8. The summed E-state index contributed by atoms with van der Waals surface area (Å²) in [6.07, 6.45) is 6.17. The van der Waals surface area contributed by atoms with Crippen molar-refractivity contribution in [2.24, 2.45) is 0 Å². The second-order valence-corrected chi connectivity index (χ2v) is 8.38. The summed E-state index contributed by atoms with van der Waals surface area (Å²) in [7, 11) is 0. The first kappa shape index (κ1) is 22.9. The lowest BCUT2D eigenvalue weighted by atomic mass is 10.1. The number of aromatic nitrogens is 4. The van der Waals surface area contributed by atoms with Crippen molar-refractivity contribution in [2.45, 2.75) is 13.0 Å². The van der Waals surface area contributed by atoms with E-state index in [0.29, 0.717) is 41.6 Å². The van der Waals surface area contributed by atoms with Crippen LogP contribution in [0.1, 0.15) is 6.92 Å². The van der Waals surface area contributed by atoms with Gasteiger partial charge in [-0.3, -0.25) is 19.6 Å². The van der Waals surface area contributed by atoms with E-state index in [4.69, 9.17) is 4.98 Å². The van der Waals surface area contributed by atoms with Crippen LogP contribution in [-0.4, -0.2) is 55.8 Å². The predicted octanol–water partition coefficient (Wildman–Crippen LogP) is 3.60. The Labute approximate surface area is 207 Å². The van der Waals surface area contributed by atoms with Crippen LogP contribution in [0, 0.1) is 0 Å². The maximum atomic E-state index is 11.7. The molecule has 2 amide bonds. The maximum absolute atomic E-state index is 11.7. The van der Waals surface area contributed by atoms with Crippen molar-refractivity contribution in [2.75, 3.05) is 29.0 Å². The lowest BCUT2D eigenvalue weighted by Gasteiger charge is -2.39. The highest BCUT2D eigenvalue weighted by Crippen LogP contribution is 2.28. The van der Waals surface area contributed by atoms with Gasteiger partial charge in [0.1, 0.15) is 5.69 Å². The molecule has 0 spiro atoms. The Morgan fingerprint density at radius 3 is 2.56 bits per heavy atom. The van der Waals surface area contributed by atoms with Crippen molar-refractivity contribution >= 4 is 45.7 Å². The van der Waals surface area contributed by atoms with Crippen molar-refractivity contribution in [1.29, 1.82) is 0 Å². The minimum atomic E-state index is -0.308. The number of rotatable bonds is 7. The van der Waals surface area contributed by atoms with Crippen molar-refractivity contribution in [3.8, 4) is 11.4 Å². The molecule has 1 aromatic carbocycles. The van der Waals surface area contributed by atoms with Crippen LogP contribution >= 0.6 is 0 Å². The van der Waals surface area contributed by atoms with Gasteiger partial charge in [-0.1, -0.05) is 6.58 Å². The second kappa shape index (κ2) is 9.79. The van der Waals surface area contributed by atoms with E-state index in [-0.39, 0.29) is 17.9 Å². The Morgan fingerprint density at radius 2 is 1.81 bits per heavy atom. The molecule has 0 aliphatic carbocycles. The minimum Gasteiger partial charge on any atom is -0.379 e. The molecular weight excluding hydrogens is 456 g/mol. The first-order chi connectivity index (χ1) is 17.5. The Hall–Kier alpha value is -4.86. The molecule has 4 heterocycles. The minimum absolute atomic E-state index is 0.0981. The fourth-order valence-electron chi connectivity index (χ4n) is 3.90. The smallest absolute Gasteiger partial charge is 0.247 e. The number of benzene rings is 1. The third kappa shape index (κ3) is 4.97. The summed E-state index contributed by atoms with van der Waals surface area (Å²) >= 11 is 0. The number of amides is 2. The molecule has 10 nitrogen and oxygen atoms in total. The summed E-state index contributed by atoms with van der Waals surface area (Å²) in [4.78, 5) is 42.9. The Morgan fingerprint density at radius 1 is 1.03 bits per heavy atom. The Balaban J connectivity index is 1.38. The Bertz CT molecular complexity index is 1450. The van der Waals surface area contributed by atoms with Gasteiger partial charge in [0, 0.05) is 54.9 Å². The van der Waals surface area contributed by atoms with E-state index >= 15 is 0 Å². The normalized spacial score (nSPS) is 13.1. The number of hydrogen-bond donors (Lipinski definition) is 3. The average Bonchev–Trinajstić information content (AvgIpc) is 2.86. The third-order valence-electron chi connectivity index (χ3n) is 5.79. The van der Waals surface area contributed by atoms with Crippen LogP contribution in [0.3, 0.4) is 0 Å². The van der Waals surface area contributed by atoms with Crippen LogP contribution in [-0.2, 0) is 9.59 Å². The van der Waals surface area contributed by atoms with E-state index in [9.17, 15) is 9.59 Å². The number of nitrogens with one attached hydrogen (secondary N) is 3. The van der Waals surface area contributed by atoms with E-state index in [2.05, 4.69) is 37.5 Å². The molecule has 3 aromatic heterocycles. The van der Waals surface area contributed by atoms with Gasteiger partial charge in [-0.05, 0) is 48.5 Å². The van der Waals surface area contributed by atoms with Crippen molar-refractivity contribution < 1.29 is 9.59 Å². The number of nitrogens with zero attached hydrogens (tertiary/aromatic N) is 5. The second-order valence-electron chi connectivity index (χ2n) is 8.38. The van der Waals surface area contributed by atoms with E-state index in [1.165, 1.54) is 6.08 Å². The van der Waals surface area contributed by atoms with Crippen LogP contribution in [0.25, 0.3) is 22.3 Å². The number of anilines is 4. The highest BCUT2D eigenvalue weighted by Gasteiger charge is 2.28. The molecular formula is C26H24N8O2. The maximum Gasteiger partial charge on any atom is 0.247 e. The molecule has 1 fully saturated rings. The van der Waals surface area contributed by atoms with Gasteiger partial charge in [0.25, 0.3) is 0 Å². The molecule has 0 atom stereocenters. The summed E-state index contributed by atoms with van der Waals surface area (Å²) in [5, 5.41) is 10.2. The van der Waals surface area contributed by atoms with Gasteiger partial charge in [-0.25, -0.2) is 9.97 Å². The average molecular weight is 481 g/mol. The summed E-state index contributed by atoms with van der Waals surface area (Å²) < 4.78 is 0. The predicted molar refractivity (Wildman–Crippen MR) is 139 cm³/mol. The van der Waals surface area contributed by atoms with Crippen molar-refractivity contribution in [3.63, 3.8) is 0 Å². The molecule has 36 heavy (non-hydrogen) atoms. The summed E-state index contributed by atoms with van der Waals surface area (Å²) in [6.45, 7) is 6.49. The monoisotopic (exact) mass is 480 g/mol. The van der Waals surface area contributed by atoms with Crippen LogP contribution in [0.4, 0.5) is 23.0 Å². The molecule has 5 rings (SSSR count). The Kier molecular flexibility index (Phi) is 6.23. The lowest BCUT2D eigenvalue weighted by molar-refractivity contribution is -0.132. The zero-order chi connectivity index (χ0) is 25.1. The number of carbonyl (C=O) groups is 2. The highest BCUT2D eigenvalue weighted by atomic mass is 16.2. The van der Waals surface area contributed by atoms with Gasteiger partial charge in [-0.15, -0.1) is 0 Å². The molecule has 3 N–H and O–H groups in total. The molecule has 0 radical (unpaired) electrons. The van der Waals surface area contributed by atoms with Gasteiger partial charge in [0.15, 0.2) is 0 Å². The largest absolute Gasteiger partial charge is 0.379 e. The van der Waals surface area contributed by atoms with Gasteiger partial charge in [0.05, 0.1) is 23.4 Å². The molecule has 0 saturated carbocycles. The SMILES string of the molecule is C=CC(=O)Nc1ccnc(-c2nc(Nc3ccc(NC4CN(C(C)=O)C4)cc3)nc3cnccc23)c1. The zero-order valence-electron chi connectivity index (χ0n) is 19.6. The number of pyridine rings is 2. The van der Waals surface area contributed by atoms with E-state index in [1.54, 1.807) is 42.5 Å². The molecule has 0 unspecified atom stereocenters. The molecule has 10 heteroatoms. The van der Waals surface area contributed by atoms with Gasteiger partial charge in [0.2, 0.25) is 17.8 Å². The van der Waals surface area contributed by atoms with E-state index in [1.807, 2.05) is 30.3 Å². The summed E-state index contributed by atoms with van der Waals surface area (Å²) in [6, 6.07) is 13.3. The standard InChI is InChI=1S/C26H24N8O2/c1-3-24(36)30-19-8-11-28-22(12-19)25-21-9-10-27-13-23(21)32-26(33-25)31-18-6-4-17(5-7-18)29-20-14-34(15-20)16(2)35/h3-13,20,29H,1,14-15H2,2H3,(H,28,30,36)(H,31,32,33). The molecule has 4 aromatic rings. The summed E-state index contributed by atoms with van der Waals surface area (Å²) in [5.41, 5.74) is 4.22. The fourth-order valence-corrected chi connectivity index (χ4v) is 3.90. The lowest BCUT2D eigenvalue weighted by Crippen LogP contribution is -2.56. The van der Waals surface area contributed by atoms with Gasteiger partial charge >= 0.3 is 0 Å². The van der Waals surface area contributed by atoms with Crippen molar-refractivity contribution in [1.82, 2.24) is 24.8 Å². The van der Waals surface area contributed by atoms with Crippen LogP contribution < -0.4 is 16.0 Å². The number of carbonyl (C=O) groups excluding carboxylic acids is 2. The molecule has 1 aliphatic rings. The van der Waals surface area contributed by atoms with Crippen LogP contribution in [0.15, 0.2) is 73.7 Å². The molecule has 180 valence electrons. The topological polar surface area (TPSA) is 125 Å². The first-order valence-corrected chi connectivity index (χ1v) is 11.4. The van der Waals surface area contributed by atoms with Crippen LogP contribution in [0.2, 0.25) is 0 Å². The van der Waals surface area contributed by atoms with Gasteiger partial charge < -0.3 is 20.9 Å². The summed E-state index contributed by atoms with van der Waals surface area (Å²) in [5.74, 6) is 0.184. The fraction of sp³-hybridized carbons (Fsp3) is 0.154. The highest BCUT2D eigenvalue weighted by molar-refractivity contribution is 5.99.